The van der Waals surface area contributed by atoms with Gasteiger partial charge < -0.3 is 8.98 Å². The predicted octanol–water partition coefficient (Wildman–Crippen LogP) is 13.1. The third kappa shape index (κ3) is 7.69. The molecule has 8 heteroatoms. The number of imidazole rings is 1. The molecular formula is C50H44GeIrN4OS-2. The van der Waals surface area contributed by atoms with Gasteiger partial charge in [0.05, 0.1) is 22.4 Å². The summed E-state index contributed by atoms with van der Waals surface area (Å²) in [6, 6.07) is 47.9. The van der Waals surface area contributed by atoms with Gasteiger partial charge in [0.1, 0.15) is 0 Å². The number of hydrogen-bond donors (Lipinski definition) is 0. The van der Waals surface area contributed by atoms with E-state index in [2.05, 4.69) is 111 Å². The number of benzene rings is 5. The molecule has 10 aromatic rings. The van der Waals surface area contributed by atoms with Crippen molar-refractivity contribution in [2.75, 3.05) is 0 Å². The molecule has 0 saturated carbocycles. The molecule has 5 aromatic heterocycles. The minimum atomic E-state index is -2.24. The normalized spacial score (nSPS) is 12.7. The first-order chi connectivity index (χ1) is 28.2. The van der Waals surface area contributed by atoms with Crippen LogP contribution in [-0.2, 0) is 26.5 Å². The zero-order chi connectivity index (χ0) is 41.3. The van der Waals surface area contributed by atoms with Crippen LogP contribution in [0.4, 0.5) is 0 Å². The van der Waals surface area contributed by atoms with Crippen LogP contribution < -0.4 is 4.40 Å². The van der Waals surface area contributed by atoms with Crippen molar-refractivity contribution >= 4 is 82.3 Å². The summed E-state index contributed by atoms with van der Waals surface area (Å²) in [5.74, 6) is 7.66. The number of hydrogen-bond acceptors (Lipinski definition) is 5. The molecule has 5 heterocycles. The van der Waals surface area contributed by atoms with Crippen LogP contribution in [0.25, 0.3) is 81.6 Å². The van der Waals surface area contributed by atoms with E-state index in [1.54, 1.807) is 0 Å². The monoisotopic (exact) mass is 1020 g/mol. The Balaban J connectivity index is 0.000000182. The van der Waals surface area contributed by atoms with Crippen LogP contribution in [0.2, 0.25) is 17.3 Å². The Kier molecular flexibility index (Phi) is 10.1. The molecular weight excluding hydrogens is 969 g/mol. The molecule has 0 aliphatic carbocycles. The fourth-order valence-electron chi connectivity index (χ4n) is 7.45. The SMILES string of the molecule is Cc1ccc2c(n1)oc1c(-c3nc4ccccc4n3-c3ccc4sc5ccccc5c4c3)[c-]ccc12.[2H]C([2H])(c1cc(-c2[c-]cccc2)nc[c]1[Ge]([CH3])([CH3])[CH3])C(C)(C)C.[Ir]. The Labute approximate surface area is 362 Å². The standard InChI is InChI=1S/C31H18N3OS.C19H26GeN.Ir/c1-18-13-15-22-21-8-6-9-23(29(21)35-31(22)32-18)30-33-25-10-3-4-11-26(25)34(30)19-14-16-28-24(17-19)20-7-2-5-12-27(20)36-28;1-19(2,3)13-16-12-18(15-10-8-7-9-11-15)21-14-17(16)20(4,5)6;/h2-8,10-17H,1H3;7-10,12,14H,13H2,1-6H3;/q2*-1;/i;13D2;. The van der Waals surface area contributed by atoms with Crippen molar-refractivity contribution in [3.8, 4) is 28.3 Å². The van der Waals surface area contributed by atoms with E-state index in [4.69, 9.17) is 12.1 Å². The topological polar surface area (TPSA) is 56.7 Å². The molecule has 0 aliphatic heterocycles. The van der Waals surface area contributed by atoms with Crippen LogP contribution in [-0.4, -0.2) is 32.8 Å². The number of thiophene rings is 1. The quantitative estimate of drug-likeness (QED) is 0.127. The minimum absolute atomic E-state index is 0. The van der Waals surface area contributed by atoms with Crippen LogP contribution in [0.5, 0.6) is 0 Å². The molecule has 0 spiro atoms. The Bertz CT molecular complexity index is 3200. The maximum Gasteiger partial charge on any atom is 0 e. The van der Waals surface area contributed by atoms with Gasteiger partial charge in [0.2, 0.25) is 5.71 Å². The molecule has 58 heavy (non-hydrogen) atoms. The Morgan fingerprint density at radius 1 is 0.776 bits per heavy atom. The second-order valence-corrected chi connectivity index (χ2v) is 28.2. The first kappa shape index (κ1) is 37.4. The molecule has 5 aromatic carbocycles. The fourth-order valence-corrected chi connectivity index (χ4v) is 11.5. The van der Waals surface area contributed by atoms with E-state index in [0.717, 1.165) is 71.4 Å². The van der Waals surface area contributed by atoms with Crippen molar-refractivity contribution in [1.82, 2.24) is 19.5 Å². The summed E-state index contributed by atoms with van der Waals surface area (Å²) < 4.78 is 29.8. The predicted molar refractivity (Wildman–Crippen MR) is 243 cm³/mol. The van der Waals surface area contributed by atoms with Crippen molar-refractivity contribution in [2.24, 2.45) is 5.41 Å². The van der Waals surface area contributed by atoms with Gasteiger partial charge in [-0.15, -0.1) is 29.5 Å². The van der Waals surface area contributed by atoms with Gasteiger partial charge in [0, 0.05) is 57.0 Å². The zero-order valence-electron chi connectivity index (χ0n) is 35.6. The molecule has 5 nitrogen and oxygen atoms in total. The molecule has 10 rings (SSSR count). The third-order valence-corrected chi connectivity index (χ3v) is 15.4. The number of pyridine rings is 2. The molecule has 0 aliphatic rings. The maximum atomic E-state index is 8.76. The van der Waals surface area contributed by atoms with Gasteiger partial charge >= 0.3 is 135 Å². The van der Waals surface area contributed by atoms with Crippen molar-refractivity contribution in [3.05, 3.63) is 151 Å². The number of fused-ring (bicyclic) bond motifs is 7. The Morgan fingerprint density at radius 3 is 2.34 bits per heavy atom. The smallest absolute Gasteiger partial charge is 0 e. The number of para-hydroxylation sites is 2. The van der Waals surface area contributed by atoms with E-state index in [-0.39, 0.29) is 20.1 Å². The van der Waals surface area contributed by atoms with Gasteiger partial charge in [-0.3, -0.25) is 4.98 Å². The summed E-state index contributed by atoms with van der Waals surface area (Å²) in [4.78, 5) is 14.3. The summed E-state index contributed by atoms with van der Waals surface area (Å²) in [5, 5.41) is 4.55. The Morgan fingerprint density at radius 2 is 1.55 bits per heavy atom. The van der Waals surface area contributed by atoms with Crippen molar-refractivity contribution in [3.63, 3.8) is 0 Å². The van der Waals surface area contributed by atoms with Crippen LogP contribution in [0.3, 0.4) is 0 Å². The largest absolute Gasteiger partial charge is 0 e. The fraction of sp³-hybridized carbons (Fsp3) is 0.180. The number of rotatable bonds is 5. The average Bonchev–Trinajstić information content (AvgIpc) is 3.91. The van der Waals surface area contributed by atoms with Gasteiger partial charge in [-0.25, -0.2) is 4.98 Å². The van der Waals surface area contributed by atoms with Crippen LogP contribution in [0.1, 0.15) is 34.8 Å². The van der Waals surface area contributed by atoms with E-state index >= 15 is 0 Å². The summed E-state index contributed by atoms with van der Waals surface area (Å²) in [5.41, 5.74) is 8.21. The van der Waals surface area contributed by atoms with Crippen LogP contribution >= 0.6 is 11.3 Å². The van der Waals surface area contributed by atoms with Gasteiger partial charge in [0.25, 0.3) is 0 Å². The zero-order valence-corrected chi connectivity index (χ0v) is 38.9. The molecule has 0 N–H and O–H groups in total. The molecule has 291 valence electrons. The molecule has 0 unspecified atom stereocenters. The summed E-state index contributed by atoms with van der Waals surface area (Å²) >= 11 is -0.417. The van der Waals surface area contributed by atoms with E-state index in [0.29, 0.717) is 5.71 Å². The second-order valence-electron chi connectivity index (χ2n) is 16.6. The van der Waals surface area contributed by atoms with Gasteiger partial charge in [-0.2, -0.15) is 0 Å². The second kappa shape index (κ2) is 15.7. The van der Waals surface area contributed by atoms with Gasteiger partial charge in [-0.05, 0) is 55.5 Å². The first-order valence-corrected chi connectivity index (χ1v) is 27.4. The average molecular weight is 1020 g/mol. The minimum Gasteiger partial charge on any atom is 0 e. The van der Waals surface area contributed by atoms with Crippen molar-refractivity contribution in [1.29, 1.82) is 0 Å². The maximum absolute atomic E-state index is 8.76. The molecule has 0 bridgehead atoms. The summed E-state index contributed by atoms with van der Waals surface area (Å²) in [6.45, 7) is 7.85. The van der Waals surface area contributed by atoms with Crippen molar-refractivity contribution < 1.29 is 27.3 Å². The molecule has 0 fully saturated rings. The van der Waals surface area contributed by atoms with E-state index in [9.17, 15) is 0 Å². The molecule has 0 atom stereocenters. The number of nitrogens with zero attached hydrogens (tertiary/aromatic N) is 4. The molecule has 0 amide bonds. The molecule has 0 saturated heterocycles. The van der Waals surface area contributed by atoms with Gasteiger partial charge in [0.15, 0.2) is 0 Å². The van der Waals surface area contributed by atoms with E-state index in [1.165, 1.54) is 20.2 Å². The summed E-state index contributed by atoms with van der Waals surface area (Å²) in [6.07, 6.45) is 0.502. The van der Waals surface area contributed by atoms with E-state index < -0.39 is 25.1 Å². The molecule has 1 radical (unpaired) electrons. The number of aromatic nitrogens is 4. The first-order valence-electron chi connectivity index (χ1n) is 20.3. The summed E-state index contributed by atoms with van der Waals surface area (Å²) in [7, 11) is 0. The number of furan rings is 1. The van der Waals surface area contributed by atoms with Crippen LogP contribution in [0, 0.1) is 24.5 Å². The number of aryl methyl sites for hydroxylation is 1. The van der Waals surface area contributed by atoms with Crippen LogP contribution in [0.15, 0.2) is 132 Å². The van der Waals surface area contributed by atoms with Crippen molar-refractivity contribution in [2.45, 2.75) is 51.3 Å². The van der Waals surface area contributed by atoms with E-state index in [1.807, 2.05) is 99.8 Å². The van der Waals surface area contributed by atoms with Gasteiger partial charge in [-0.1, -0.05) is 41.3 Å². The Hall–Kier alpha value is -4.92. The third-order valence-electron chi connectivity index (χ3n) is 10.0.